The van der Waals surface area contributed by atoms with E-state index in [1.165, 1.54) is 11.1 Å². The van der Waals surface area contributed by atoms with E-state index in [2.05, 4.69) is 46.4 Å². The Balaban J connectivity index is 2.10. The maximum atomic E-state index is 9.05. The number of nitriles is 1. The van der Waals surface area contributed by atoms with Crippen LogP contribution in [0.15, 0.2) is 34.8 Å². The lowest BCUT2D eigenvalue weighted by Gasteiger charge is -2.15. The zero-order chi connectivity index (χ0) is 14.7. The minimum absolute atomic E-state index is 0.246. The van der Waals surface area contributed by atoms with Crippen molar-refractivity contribution < 1.29 is 0 Å². The van der Waals surface area contributed by atoms with E-state index < -0.39 is 0 Å². The van der Waals surface area contributed by atoms with Gasteiger partial charge in [0.2, 0.25) is 0 Å². The van der Waals surface area contributed by atoms with Crippen molar-refractivity contribution in [2.45, 2.75) is 26.4 Å². The Morgan fingerprint density at radius 3 is 2.70 bits per heavy atom. The van der Waals surface area contributed by atoms with Gasteiger partial charge in [-0.05, 0) is 37.1 Å². The molecule has 1 unspecified atom stereocenters. The van der Waals surface area contributed by atoms with E-state index in [0.29, 0.717) is 5.69 Å². The summed E-state index contributed by atoms with van der Waals surface area (Å²) >= 11 is 3.58. The standard InChI is InChI=1S/C16H18BrN3/c1-11(15-6-4-5-7-16(15)17)19-10-13-8-14(9-18)20(3)12(13)2/h4-8,11,19H,10H2,1-3H3. The first-order valence-electron chi connectivity index (χ1n) is 6.57. The molecule has 0 saturated heterocycles. The summed E-state index contributed by atoms with van der Waals surface area (Å²) in [6, 6.07) is 12.6. The largest absolute Gasteiger partial charge is 0.340 e. The first-order chi connectivity index (χ1) is 9.54. The van der Waals surface area contributed by atoms with Gasteiger partial charge >= 0.3 is 0 Å². The molecule has 104 valence electrons. The van der Waals surface area contributed by atoms with E-state index in [1.807, 2.05) is 36.7 Å². The number of hydrogen-bond acceptors (Lipinski definition) is 2. The van der Waals surface area contributed by atoms with Gasteiger partial charge in [-0.3, -0.25) is 0 Å². The minimum Gasteiger partial charge on any atom is -0.340 e. The lowest BCUT2D eigenvalue weighted by atomic mass is 10.1. The van der Waals surface area contributed by atoms with Crippen LogP contribution in [0.2, 0.25) is 0 Å². The summed E-state index contributed by atoms with van der Waals surface area (Å²) in [7, 11) is 1.93. The van der Waals surface area contributed by atoms with E-state index in [4.69, 9.17) is 5.26 Å². The van der Waals surface area contributed by atoms with Crippen molar-refractivity contribution in [1.29, 1.82) is 5.26 Å². The second-order valence-corrected chi connectivity index (χ2v) is 5.79. The van der Waals surface area contributed by atoms with Gasteiger partial charge in [0.1, 0.15) is 11.8 Å². The van der Waals surface area contributed by atoms with Crippen LogP contribution in [0.1, 0.15) is 35.5 Å². The Bertz CT molecular complexity index is 652. The zero-order valence-corrected chi connectivity index (χ0v) is 13.5. The van der Waals surface area contributed by atoms with Gasteiger partial charge < -0.3 is 9.88 Å². The Morgan fingerprint density at radius 2 is 2.10 bits per heavy atom. The molecule has 1 N–H and O–H groups in total. The molecule has 3 nitrogen and oxygen atoms in total. The summed E-state index contributed by atoms with van der Waals surface area (Å²) in [5.41, 5.74) is 4.24. The number of halogens is 1. The van der Waals surface area contributed by atoms with Crippen LogP contribution in [0, 0.1) is 18.3 Å². The average molecular weight is 332 g/mol. The average Bonchev–Trinajstić information content (AvgIpc) is 2.72. The lowest BCUT2D eigenvalue weighted by Crippen LogP contribution is -2.18. The van der Waals surface area contributed by atoms with Gasteiger partial charge in [-0.25, -0.2) is 0 Å². The fraction of sp³-hybridized carbons (Fsp3) is 0.312. The van der Waals surface area contributed by atoms with Crippen molar-refractivity contribution in [3.63, 3.8) is 0 Å². The third-order valence-corrected chi connectivity index (χ3v) is 4.45. The second kappa shape index (κ2) is 6.25. The van der Waals surface area contributed by atoms with Crippen molar-refractivity contribution in [3.8, 4) is 6.07 Å². The lowest BCUT2D eigenvalue weighted by molar-refractivity contribution is 0.571. The summed E-state index contributed by atoms with van der Waals surface area (Å²) in [5.74, 6) is 0. The zero-order valence-electron chi connectivity index (χ0n) is 11.9. The quantitative estimate of drug-likeness (QED) is 0.925. The smallest absolute Gasteiger partial charge is 0.120 e. The maximum Gasteiger partial charge on any atom is 0.120 e. The number of hydrogen-bond donors (Lipinski definition) is 1. The highest BCUT2D eigenvalue weighted by Gasteiger charge is 2.11. The molecule has 4 heteroatoms. The van der Waals surface area contributed by atoms with Crippen molar-refractivity contribution in [1.82, 2.24) is 9.88 Å². The SMILES string of the molecule is Cc1c(CNC(C)c2ccccc2Br)cc(C#N)n1C. The van der Waals surface area contributed by atoms with Crippen LogP contribution < -0.4 is 5.32 Å². The third kappa shape index (κ3) is 2.95. The fourth-order valence-electron chi connectivity index (χ4n) is 2.25. The number of rotatable bonds is 4. The summed E-state index contributed by atoms with van der Waals surface area (Å²) < 4.78 is 3.04. The molecule has 0 saturated carbocycles. The molecule has 0 fully saturated rings. The summed E-state index contributed by atoms with van der Waals surface area (Å²) in [4.78, 5) is 0. The molecule has 1 atom stereocenters. The first-order valence-corrected chi connectivity index (χ1v) is 7.37. The molecule has 0 bridgehead atoms. The van der Waals surface area contributed by atoms with Gasteiger partial charge in [0.05, 0.1) is 0 Å². The topological polar surface area (TPSA) is 40.8 Å². The van der Waals surface area contributed by atoms with Crippen LogP contribution in [-0.2, 0) is 13.6 Å². The van der Waals surface area contributed by atoms with Crippen LogP contribution in [0.4, 0.5) is 0 Å². The maximum absolute atomic E-state index is 9.05. The molecule has 1 aromatic heterocycles. The van der Waals surface area contributed by atoms with Crippen LogP contribution in [0.5, 0.6) is 0 Å². The monoisotopic (exact) mass is 331 g/mol. The molecule has 0 aliphatic rings. The van der Waals surface area contributed by atoms with E-state index >= 15 is 0 Å². The molecular formula is C16H18BrN3. The van der Waals surface area contributed by atoms with Gasteiger partial charge in [-0.1, -0.05) is 34.1 Å². The highest BCUT2D eigenvalue weighted by Crippen LogP contribution is 2.23. The Labute approximate surface area is 128 Å². The van der Waals surface area contributed by atoms with Crippen molar-refractivity contribution in [2.75, 3.05) is 0 Å². The first kappa shape index (κ1) is 14.8. The van der Waals surface area contributed by atoms with Gasteiger partial charge in [0, 0.05) is 29.8 Å². The molecule has 0 radical (unpaired) electrons. The molecule has 0 amide bonds. The van der Waals surface area contributed by atoms with Gasteiger partial charge in [-0.2, -0.15) is 5.26 Å². The van der Waals surface area contributed by atoms with Crippen molar-refractivity contribution >= 4 is 15.9 Å². The number of nitrogens with zero attached hydrogens (tertiary/aromatic N) is 2. The van der Waals surface area contributed by atoms with E-state index in [0.717, 1.165) is 16.7 Å². The number of benzene rings is 1. The predicted molar refractivity (Wildman–Crippen MR) is 84.3 cm³/mol. The molecule has 2 aromatic rings. The molecular weight excluding hydrogens is 314 g/mol. The van der Waals surface area contributed by atoms with Crippen LogP contribution in [-0.4, -0.2) is 4.57 Å². The Hall–Kier alpha value is -1.57. The predicted octanol–water partition coefficient (Wildman–Crippen LogP) is 3.82. The molecule has 0 aliphatic heterocycles. The molecule has 1 aromatic carbocycles. The number of nitrogens with one attached hydrogen (secondary N) is 1. The Morgan fingerprint density at radius 1 is 1.40 bits per heavy atom. The summed E-state index contributed by atoms with van der Waals surface area (Å²) in [5, 5.41) is 12.6. The fourth-order valence-corrected chi connectivity index (χ4v) is 2.88. The van der Waals surface area contributed by atoms with Gasteiger partial charge in [0.15, 0.2) is 0 Å². The summed E-state index contributed by atoms with van der Waals surface area (Å²) in [6.45, 7) is 4.94. The molecule has 0 aliphatic carbocycles. The molecule has 0 spiro atoms. The number of aromatic nitrogens is 1. The van der Waals surface area contributed by atoms with Crippen LogP contribution >= 0.6 is 15.9 Å². The normalized spacial score (nSPS) is 12.2. The van der Waals surface area contributed by atoms with Crippen LogP contribution in [0.3, 0.4) is 0 Å². The van der Waals surface area contributed by atoms with Crippen molar-refractivity contribution in [3.05, 3.63) is 57.3 Å². The van der Waals surface area contributed by atoms with E-state index in [-0.39, 0.29) is 6.04 Å². The molecule has 20 heavy (non-hydrogen) atoms. The van der Waals surface area contributed by atoms with Crippen LogP contribution in [0.25, 0.3) is 0 Å². The van der Waals surface area contributed by atoms with Gasteiger partial charge in [0.25, 0.3) is 0 Å². The summed E-state index contributed by atoms with van der Waals surface area (Å²) in [6.07, 6.45) is 0. The van der Waals surface area contributed by atoms with E-state index in [9.17, 15) is 0 Å². The van der Waals surface area contributed by atoms with Gasteiger partial charge in [-0.15, -0.1) is 0 Å². The minimum atomic E-state index is 0.246. The third-order valence-electron chi connectivity index (χ3n) is 3.73. The molecule has 2 rings (SSSR count). The molecule has 1 heterocycles. The second-order valence-electron chi connectivity index (χ2n) is 4.94. The van der Waals surface area contributed by atoms with Crippen molar-refractivity contribution in [2.24, 2.45) is 7.05 Å². The Kier molecular flexibility index (Phi) is 4.64. The highest BCUT2D eigenvalue weighted by molar-refractivity contribution is 9.10. The van der Waals surface area contributed by atoms with E-state index in [1.54, 1.807) is 0 Å². The highest BCUT2D eigenvalue weighted by atomic mass is 79.9.